The van der Waals surface area contributed by atoms with Gasteiger partial charge in [0.25, 0.3) is 0 Å². The van der Waals surface area contributed by atoms with E-state index in [2.05, 4.69) is 0 Å². The molecule has 1 rings (SSSR count). The quantitative estimate of drug-likeness (QED) is 0.418. The number of nitrogens with two attached hydrogens (primary N) is 1. The summed E-state index contributed by atoms with van der Waals surface area (Å²) in [5.74, 6) is -0.660. The van der Waals surface area contributed by atoms with Crippen molar-refractivity contribution in [3.8, 4) is 0 Å². The van der Waals surface area contributed by atoms with Gasteiger partial charge in [0, 0.05) is 4.90 Å². The Labute approximate surface area is 74.5 Å². The molecular formula is C8H9FN2S. The van der Waals surface area contributed by atoms with Crippen LogP contribution in [0.5, 0.6) is 0 Å². The molecule has 0 aromatic heterocycles. The number of rotatable bonds is 2. The van der Waals surface area contributed by atoms with Gasteiger partial charge in [0.1, 0.15) is 11.7 Å². The van der Waals surface area contributed by atoms with E-state index in [0.29, 0.717) is 4.90 Å². The number of amidine groups is 1. The molecule has 0 fully saturated rings. The average molecular weight is 184 g/mol. The standard InChI is InChI=1S/C8H9FN2S/c1-12-6-4-2-3-5(9)7(6)8(10)11/h2-4H,1H3,(H3,10,11). The first-order valence-corrected chi connectivity index (χ1v) is 4.56. The molecule has 0 radical (unpaired) electrons. The third kappa shape index (κ3) is 1.58. The normalized spacial score (nSPS) is 9.83. The highest BCUT2D eigenvalue weighted by Gasteiger charge is 2.09. The van der Waals surface area contributed by atoms with Crippen LogP contribution in [-0.4, -0.2) is 12.1 Å². The van der Waals surface area contributed by atoms with Crippen LogP contribution in [0.4, 0.5) is 4.39 Å². The fourth-order valence-corrected chi connectivity index (χ4v) is 1.56. The topological polar surface area (TPSA) is 49.9 Å². The Balaban J connectivity index is 3.29. The Morgan fingerprint density at radius 3 is 2.67 bits per heavy atom. The van der Waals surface area contributed by atoms with Gasteiger partial charge in [-0.25, -0.2) is 4.39 Å². The fourth-order valence-electron chi connectivity index (χ4n) is 0.936. The SMILES string of the molecule is CSc1cccc(F)c1C(=N)N. The predicted octanol–water partition coefficient (Wildman–Crippen LogP) is 1.83. The third-order valence-corrected chi connectivity index (χ3v) is 2.24. The number of benzene rings is 1. The summed E-state index contributed by atoms with van der Waals surface area (Å²) in [5.41, 5.74) is 5.42. The summed E-state index contributed by atoms with van der Waals surface area (Å²) in [6.07, 6.45) is 1.82. The van der Waals surface area contributed by atoms with Gasteiger partial charge in [-0.3, -0.25) is 5.41 Å². The van der Waals surface area contributed by atoms with Crippen LogP contribution >= 0.6 is 11.8 Å². The van der Waals surface area contributed by atoms with Crippen LogP contribution in [0.25, 0.3) is 0 Å². The second-order valence-electron chi connectivity index (χ2n) is 2.23. The summed E-state index contributed by atoms with van der Waals surface area (Å²) in [7, 11) is 0. The maximum Gasteiger partial charge on any atom is 0.135 e. The zero-order chi connectivity index (χ0) is 9.14. The number of halogens is 1. The van der Waals surface area contributed by atoms with Gasteiger partial charge < -0.3 is 5.73 Å². The minimum Gasteiger partial charge on any atom is -0.384 e. The molecule has 0 aliphatic carbocycles. The van der Waals surface area contributed by atoms with Crippen LogP contribution in [0.2, 0.25) is 0 Å². The van der Waals surface area contributed by atoms with Crippen LogP contribution in [0.3, 0.4) is 0 Å². The Morgan fingerprint density at radius 1 is 1.58 bits per heavy atom. The van der Waals surface area contributed by atoms with E-state index in [-0.39, 0.29) is 11.4 Å². The highest BCUT2D eigenvalue weighted by molar-refractivity contribution is 7.98. The molecule has 64 valence electrons. The Kier molecular flexibility index (Phi) is 2.70. The van der Waals surface area contributed by atoms with Crippen molar-refractivity contribution in [2.75, 3.05) is 6.26 Å². The van der Waals surface area contributed by atoms with Crippen molar-refractivity contribution in [3.05, 3.63) is 29.6 Å². The van der Waals surface area contributed by atoms with Crippen LogP contribution < -0.4 is 5.73 Å². The van der Waals surface area contributed by atoms with E-state index in [1.807, 2.05) is 6.26 Å². The smallest absolute Gasteiger partial charge is 0.135 e. The number of thioether (sulfide) groups is 1. The predicted molar refractivity (Wildman–Crippen MR) is 49.2 cm³/mol. The summed E-state index contributed by atoms with van der Waals surface area (Å²) >= 11 is 1.38. The summed E-state index contributed by atoms with van der Waals surface area (Å²) in [4.78, 5) is 0.697. The molecule has 0 heterocycles. The van der Waals surface area contributed by atoms with Crippen LogP contribution in [0.1, 0.15) is 5.56 Å². The van der Waals surface area contributed by atoms with Gasteiger partial charge in [-0.05, 0) is 18.4 Å². The van der Waals surface area contributed by atoms with E-state index >= 15 is 0 Å². The molecule has 0 aliphatic heterocycles. The minimum absolute atomic E-state index is 0.199. The zero-order valence-electron chi connectivity index (χ0n) is 6.60. The molecule has 0 spiro atoms. The second kappa shape index (κ2) is 3.58. The van der Waals surface area contributed by atoms with Crippen molar-refractivity contribution in [1.29, 1.82) is 5.41 Å². The molecule has 0 saturated carbocycles. The second-order valence-corrected chi connectivity index (χ2v) is 3.08. The summed E-state index contributed by atoms with van der Waals surface area (Å²) in [5, 5.41) is 7.14. The molecule has 0 saturated heterocycles. The fraction of sp³-hybridized carbons (Fsp3) is 0.125. The van der Waals surface area contributed by atoms with Gasteiger partial charge in [0.15, 0.2) is 0 Å². The Bertz CT molecular complexity index is 312. The van der Waals surface area contributed by atoms with Crippen molar-refractivity contribution in [2.24, 2.45) is 5.73 Å². The molecule has 12 heavy (non-hydrogen) atoms. The van der Waals surface area contributed by atoms with Crippen molar-refractivity contribution in [2.45, 2.75) is 4.90 Å². The van der Waals surface area contributed by atoms with Gasteiger partial charge in [-0.15, -0.1) is 11.8 Å². The van der Waals surface area contributed by atoms with Crippen molar-refractivity contribution >= 4 is 17.6 Å². The number of nitrogens with one attached hydrogen (secondary N) is 1. The molecule has 1 aromatic carbocycles. The van der Waals surface area contributed by atoms with Gasteiger partial charge in [-0.1, -0.05) is 6.07 Å². The zero-order valence-corrected chi connectivity index (χ0v) is 7.41. The van der Waals surface area contributed by atoms with E-state index in [9.17, 15) is 4.39 Å². The lowest BCUT2D eigenvalue weighted by Crippen LogP contribution is -2.14. The van der Waals surface area contributed by atoms with Crippen molar-refractivity contribution in [3.63, 3.8) is 0 Å². The lowest BCUT2D eigenvalue weighted by atomic mass is 10.2. The first-order valence-electron chi connectivity index (χ1n) is 3.33. The monoisotopic (exact) mass is 184 g/mol. The van der Waals surface area contributed by atoms with Gasteiger partial charge in [0.05, 0.1) is 5.56 Å². The number of nitrogen functional groups attached to an aromatic ring is 1. The Morgan fingerprint density at radius 2 is 2.25 bits per heavy atom. The largest absolute Gasteiger partial charge is 0.384 e. The van der Waals surface area contributed by atoms with Crippen LogP contribution in [0.15, 0.2) is 23.1 Å². The highest BCUT2D eigenvalue weighted by Crippen LogP contribution is 2.21. The molecule has 0 unspecified atom stereocenters. The van der Waals surface area contributed by atoms with Crippen LogP contribution in [0, 0.1) is 11.2 Å². The van der Waals surface area contributed by atoms with E-state index in [1.165, 1.54) is 17.8 Å². The van der Waals surface area contributed by atoms with E-state index in [0.717, 1.165) is 0 Å². The summed E-state index contributed by atoms with van der Waals surface area (Å²) < 4.78 is 13.1. The molecule has 3 N–H and O–H groups in total. The van der Waals surface area contributed by atoms with Crippen molar-refractivity contribution < 1.29 is 4.39 Å². The van der Waals surface area contributed by atoms with Gasteiger partial charge in [-0.2, -0.15) is 0 Å². The molecule has 0 atom stereocenters. The molecular weight excluding hydrogens is 175 g/mol. The minimum atomic E-state index is -0.436. The van der Waals surface area contributed by atoms with Crippen LogP contribution in [-0.2, 0) is 0 Å². The Hall–Kier alpha value is -1.03. The molecule has 0 bridgehead atoms. The maximum absolute atomic E-state index is 13.1. The summed E-state index contributed by atoms with van der Waals surface area (Å²) in [6, 6.07) is 4.65. The van der Waals surface area contributed by atoms with Crippen molar-refractivity contribution in [1.82, 2.24) is 0 Å². The summed E-state index contributed by atoms with van der Waals surface area (Å²) in [6.45, 7) is 0. The number of hydrogen-bond acceptors (Lipinski definition) is 2. The van der Waals surface area contributed by atoms with E-state index < -0.39 is 5.82 Å². The highest BCUT2D eigenvalue weighted by atomic mass is 32.2. The number of hydrogen-bond donors (Lipinski definition) is 2. The van der Waals surface area contributed by atoms with E-state index in [4.69, 9.17) is 11.1 Å². The molecule has 2 nitrogen and oxygen atoms in total. The van der Waals surface area contributed by atoms with Gasteiger partial charge >= 0.3 is 0 Å². The molecule has 0 amide bonds. The maximum atomic E-state index is 13.1. The molecule has 0 aliphatic rings. The first-order chi connectivity index (χ1) is 5.66. The molecule has 4 heteroatoms. The molecule has 1 aromatic rings. The average Bonchev–Trinajstić information content (AvgIpc) is 2.03. The first kappa shape index (κ1) is 9.06. The third-order valence-electron chi connectivity index (χ3n) is 1.46. The van der Waals surface area contributed by atoms with E-state index in [1.54, 1.807) is 12.1 Å². The van der Waals surface area contributed by atoms with Gasteiger partial charge in [0.2, 0.25) is 0 Å². The lowest BCUT2D eigenvalue weighted by Gasteiger charge is -2.05. The lowest BCUT2D eigenvalue weighted by molar-refractivity contribution is 0.621.